The van der Waals surface area contributed by atoms with Gasteiger partial charge in [-0.15, -0.1) is 0 Å². The van der Waals surface area contributed by atoms with Crippen molar-refractivity contribution in [2.45, 2.75) is 59.0 Å². The summed E-state index contributed by atoms with van der Waals surface area (Å²) in [5.41, 5.74) is 1.45. The molecule has 0 spiro atoms. The predicted molar refractivity (Wildman–Crippen MR) is 87.0 cm³/mol. The van der Waals surface area contributed by atoms with Crippen LogP contribution in [0.15, 0.2) is 6.20 Å². The van der Waals surface area contributed by atoms with Gasteiger partial charge < -0.3 is 10.1 Å². The molecule has 0 saturated heterocycles. The predicted octanol–water partition coefficient (Wildman–Crippen LogP) is 2.31. The highest BCUT2D eigenvalue weighted by atomic mass is 16.5. The Kier molecular flexibility index (Phi) is 5.80. The van der Waals surface area contributed by atoms with Crippen LogP contribution < -0.4 is 5.32 Å². The average Bonchev–Trinajstić information content (AvgIpc) is 2.87. The number of hydrogen-bond acceptors (Lipinski definition) is 4. The molecule has 0 bridgehead atoms. The van der Waals surface area contributed by atoms with Gasteiger partial charge in [-0.3, -0.25) is 14.3 Å². The zero-order valence-electron chi connectivity index (χ0n) is 14.5. The molecule has 1 aliphatic carbocycles. The second-order valence-electron chi connectivity index (χ2n) is 6.71. The molecule has 1 N–H and O–H groups in total. The summed E-state index contributed by atoms with van der Waals surface area (Å²) in [5, 5.41) is 7.32. The van der Waals surface area contributed by atoms with Crippen LogP contribution in [0.2, 0.25) is 0 Å². The monoisotopic (exact) mass is 321 g/mol. The number of ether oxygens (including phenoxy) is 1. The summed E-state index contributed by atoms with van der Waals surface area (Å²) >= 11 is 0. The van der Waals surface area contributed by atoms with E-state index < -0.39 is 0 Å². The lowest BCUT2D eigenvalue weighted by atomic mass is 9.84. The third-order valence-corrected chi connectivity index (χ3v) is 4.47. The zero-order chi connectivity index (χ0) is 17.0. The first-order valence-corrected chi connectivity index (χ1v) is 8.35. The van der Waals surface area contributed by atoms with Gasteiger partial charge in [0.15, 0.2) is 0 Å². The zero-order valence-corrected chi connectivity index (χ0v) is 14.5. The lowest BCUT2D eigenvalue weighted by molar-refractivity contribution is -0.147. The molecule has 1 aromatic heterocycles. The van der Waals surface area contributed by atoms with Crippen LogP contribution in [0.5, 0.6) is 0 Å². The van der Waals surface area contributed by atoms with E-state index in [1.54, 1.807) is 6.20 Å². The van der Waals surface area contributed by atoms with E-state index in [2.05, 4.69) is 24.3 Å². The van der Waals surface area contributed by atoms with Gasteiger partial charge in [0, 0.05) is 18.3 Å². The Labute approximate surface area is 137 Å². The molecule has 1 heterocycles. The fourth-order valence-corrected chi connectivity index (χ4v) is 3.18. The number of nitrogens with one attached hydrogen (secondary N) is 1. The highest BCUT2D eigenvalue weighted by Crippen LogP contribution is 2.26. The minimum Gasteiger partial charge on any atom is -0.469 e. The molecule has 0 radical (unpaired) electrons. The number of nitrogens with zero attached hydrogens (tertiary/aromatic N) is 2. The molecule has 0 aromatic carbocycles. The first-order chi connectivity index (χ1) is 10.9. The molecular formula is C17H27N3O3. The third-order valence-electron chi connectivity index (χ3n) is 4.47. The summed E-state index contributed by atoms with van der Waals surface area (Å²) in [7, 11) is 1.40. The van der Waals surface area contributed by atoms with Crippen LogP contribution in [-0.2, 0) is 16.1 Å². The van der Waals surface area contributed by atoms with Crippen molar-refractivity contribution in [3.63, 3.8) is 0 Å². The van der Waals surface area contributed by atoms with Crippen LogP contribution in [0.25, 0.3) is 0 Å². The van der Waals surface area contributed by atoms with E-state index in [4.69, 9.17) is 4.74 Å². The third kappa shape index (κ3) is 4.12. The Morgan fingerprint density at radius 3 is 2.74 bits per heavy atom. The molecule has 1 aromatic rings. The van der Waals surface area contributed by atoms with Crippen molar-refractivity contribution >= 4 is 11.9 Å². The van der Waals surface area contributed by atoms with Crippen molar-refractivity contribution in [3.8, 4) is 0 Å². The van der Waals surface area contributed by atoms with Gasteiger partial charge in [-0.05, 0) is 25.7 Å². The van der Waals surface area contributed by atoms with Gasteiger partial charge in [0.1, 0.15) is 0 Å². The van der Waals surface area contributed by atoms with Crippen molar-refractivity contribution in [2.24, 2.45) is 11.8 Å². The van der Waals surface area contributed by atoms with Gasteiger partial charge in [0.05, 0.1) is 24.8 Å². The van der Waals surface area contributed by atoms with Crippen molar-refractivity contribution in [2.75, 3.05) is 7.11 Å². The molecule has 6 nitrogen and oxygen atoms in total. The van der Waals surface area contributed by atoms with Crippen molar-refractivity contribution in [3.05, 3.63) is 17.5 Å². The van der Waals surface area contributed by atoms with Gasteiger partial charge in [0.2, 0.25) is 0 Å². The molecule has 1 amide bonds. The summed E-state index contributed by atoms with van der Waals surface area (Å²) in [6.45, 7) is 6.92. The minimum atomic E-state index is -0.247. The maximum atomic E-state index is 12.6. The van der Waals surface area contributed by atoms with E-state index in [-0.39, 0.29) is 23.8 Å². The van der Waals surface area contributed by atoms with E-state index in [1.165, 1.54) is 7.11 Å². The molecule has 128 valence electrons. The molecule has 23 heavy (non-hydrogen) atoms. The smallest absolute Gasteiger partial charge is 0.310 e. The number of methoxy groups -OCH3 is 1. The number of carbonyl (C=O) groups is 2. The quantitative estimate of drug-likeness (QED) is 0.845. The molecule has 1 fully saturated rings. The van der Waals surface area contributed by atoms with Gasteiger partial charge in [0.25, 0.3) is 5.91 Å². The van der Waals surface area contributed by atoms with Gasteiger partial charge >= 0.3 is 5.97 Å². The summed E-state index contributed by atoms with van der Waals surface area (Å²) in [4.78, 5) is 24.5. The SMILES string of the molecule is COC(=O)[C@@H]1CCCC[C@H]1NC(=O)c1cnn(CC(C)C)c1C. The van der Waals surface area contributed by atoms with Crippen LogP contribution in [-0.4, -0.2) is 34.8 Å². The summed E-state index contributed by atoms with van der Waals surface area (Å²) < 4.78 is 6.73. The number of esters is 1. The number of hydrogen-bond donors (Lipinski definition) is 1. The highest BCUT2D eigenvalue weighted by molar-refractivity contribution is 5.95. The molecule has 2 atom stereocenters. The van der Waals surface area contributed by atoms with E-state index >= 15 is 0 Å². The maximum Gasteiger partial charge on any atom is 0.310 e. The molecule has 1 saturated carbocycles. The topological polar surface area (TPSA) is 73.2 Å². The Hall–Kier alpha value is -1.85. The van der Waals surface area contributed by atoms with E-state index in [1.807, 2.05) is 11.6 Å². The van der Waals surface area contributed by atoms with Crippen LogP contribution in [0.3, 0.4) is 0 Å². The largest absolute Gasteiger partial charge is 0.469 e. The lowest BCUT2D eigenvalue weighted by Gasteiger charge is -2.30. The molecule has 6 heteroatoms. The van der Waals surface area contributed by atoms with Crippen LogP contribution >= 0.6 is 0 Å². The first-order valence-electron chi connectivity index (χ1n) is 8.35. The van der Waals surface area contributed by atoms with Crippen molar-refractivity contribution in [1.82, 2.24) is 15.1 Å². The summed E-state index contributed by atoms with van der Waals surface area (Å²) in [6.07, 6.45) is 5.21. The second kappa shape index (κ2) is 7.62. The van der Waals surface area contributed by atoms with E-state index in [9.17, 15) is 9.59 Å². The van der Waals surface area contributed by atoms with E-state index in [0.29, 0.717) is 11.5 Å². The van der Waals surface area contributed by atoms with Crippen molar-refractivity contribution in [1.29, 1.82) is 0 Å². The van der Waals surface area contributed by atoms with Crippen molar-refractivity contribution < 1.29 is 14.3 Å². The lowest BCUT2D eigenvalue weighted by Crippen LogP contribution is -2.45. The fraction of sp³-hybridized carbons (Fsp3) is 0.706. The highest BCUT2D eigenvalue weighted by Gasteiger charge is 2.33. The van der Waals surface area contributed by atoms with E-state index in [0.717, 1.165) is 37.9 Å². The van der Waals surface area contributed by atoms with Crippen LogP contribution in [0.4, 0.5) is 0 Å². The molecule has 2 rings (SSSR count). The number of amides is 1. The molecular weight excluding hydrogens is 294 g/mol. The van der Waals surface area contributed by atoms with Gasteiger partial charge in [-0.25, -0.2) is 0 Å². The average molecular weight is 321 g/mol. The first kappa shape index (κ1) is 17.5. The number of rotatable bonds is 5. The van der Waals surface area contributed by atoms with Crippen LogP contribution in [0, 0.1) is 18.8 Å². The Morgan fingerprint density at radius 1 is 1.39 bits per heavy atom. The fourth-order valence-electron chi connectivity index (χ4n) is 3.18. The molecule has 1 aliphatic rings. The standard InChI is InChI=1S/C17H27N3O3/c1-11(2)10-20-12(3)14(9-18-20)16(21)19-15-8-6-5-7-13(15)17(22)23-4/h9,11,13,15H,5-8,10H2,1-4H3,(H,19,21)/t13-,15-/m1/s1. The second-order valence-corrected chi connectivity index (χ2v) is 6.71. The van der Waals surface area contributed by atoms with Gasteiger partial charge in [-0.1, -0.05) is 26.7 Å². The summed E-state index contributed by atoms with van der Waals surface area (Å²) in [6, 6.07) is -0.156. The van der Waals surface area contributed by atoms with Gasteiger partial charge in [-0.2, -0.15) is 5.10 Å². The number of aromatic nitrogens is 2. The van der Waals surface area contributed by atoms with Crippen LogP contribution in [0.1, 0.15) is 55.6 Å². The Morgan fingerprint density at radius 2 is 2.09 bits per heavy atom. The Balaban J connectivity index is 2.08. The number of carbonyl (C=O) groups excluding carboxylic acids is 2. The molecule has 0 aliphatic heterocycles. The normalized spacial score (nSPS) is 21.3. The minimum absolute atomic E-state index is 0.154. The summed E-state index contributed by atoms with van der Waals surface area (Å²) in [5.74, 6) is -0.171. The molecule has 0 unspecified atom stereocenters. The maximum absolute atomic E-state index is 12.6. The Bertz CT molecular complexity index is 565.